The lowest BCUT2D eigenvalue weighted by molar-refractivity contribution is -0.142. The van der Waals surface area contributed by atoms with Crippen molar-refractivity contribution in [2.75, 3.05) is 6.54 Å². The highest BCUT2D eigenvalue weighted by atomic mass is 19.4. The SMILES string of the molecule is O=C(O)C1CCCN1Cc1cc(C(F)(F)F)ccc1F. The molecule has 1 aromatic rings. The molecule has 1 atom stereocenters. The number of aliphatic carboxylic acids is 1. The van der Waals surface area contributed by atoms with Crippen LogP contribution in [0.4, 0.5) is 17.6 Å². The fraction of sp³-hybridized carbons (Fsp3) is 0.462. The summed E-state index contributed by atoms with van der Waals surface area (Å²) in [7, 11) is 0. The summed E-state index contributed by atoms with van der Waals surface area (Å²) in [5, 5.41) is 9.00. The standard InChI is InChI=1S/C13H13F4NO2/c14-10-4-3-9(13(15,16)17)6-8(10)7-18-5-1-2-11(18)12(19)20/h3-4,6,11H,1-2,5,7H2,(H,19,20). The average Bonchev–Trinajstić information content (AvgIpc) is 2.78. The largest absolute Gasteiger partial charge is 0.480 e. The molecule has 1 unspecified atom stereocenters. The van der Waals surface area contributed by atoms with Crippen LogP contribution in [0.2, 0.25) is 0 Å². The van der Waals surface area contributed by atoms with E-state index in [1.807, 2.05) is 0 Å². The van der Waals surface area contributed by atoms with Crippen molar-refractivity contribution in [2.45, 2.75) is 31.6 Å². The van der Waals surface area contributed by atoms with Gasteiger partial charge in [0.15, 0.2) is 0 Å². The van der Waals surface area contributed by atoms with Crippen LogP contribution in [-0.2, 0) is 17.5 Å². The lowest BCUT2D eigenvalue weighted by Crippen LogP contribution is -2.35. The summed E-state index contributed by atoms with van der Waals surface area (Å²) in [5.74, 6) is -1.79. The summed E-state index contributed by atoms with van der Waals surface area (Å²) in [5.41, 5.74) is -1.06. The van der Waals surface area contributed by atoms with Gasteiger partial charge >= 0.3 is 12.1 Å². The normalized spacial score (nSPS) is 20.3. The van der Waals surface area contributed by atoms with Crippen LogP contribution in [0.15, 0.2) is 18.2 Å². The van der Waals surface area contributed by atoms with Gasteiger partial charge in [-0.25, -0.2) is 4.39 Å². The lowest BCUT2D eigenvalue weighted by Gasteiger charge is -2.21. The monoisotopic (exact) mass is 291 g/mol. The van der Waals surface area contributed by atoms with E-state index in [-0.39, 0.29) is 12.1 Å². The van der Waals surface area contributed by atoms with Crippen molar-refractivity contribution < 1.29 is 27.5 Å². The summed E-state index contributed by atoms with van der Waals surface area (Å²) >= 11 is 0. The van der Waals surface area contributed by atoms with Crippen molar-refractivity contribution in [3.8, 4) is 0 Å². The third kappa shape index (κ3) is 3.09. The molecule has 0 aromatic heterocycles. The third-order valence-corrected chi connectivity index (χ3v) is 3.40. The molecule has 0 bridgehead atoms. The first-order valence-corrected chi connectivity index (χ1v) is 6.11. The van der Waals surface area contributed by atoms with Crippen molar-refractivity contribution >= 4 is 5.97 Å². The Balaban J connectivity index is 2.22. The Hall–Kier alpha value is -1.63. The number of hydrogen-bond acceptors (Lipinski definition) is 2. The first-order valence-electron chi connectivity index (χ1n) is 6.11. The molecule has 1 fully saturated rings. The molecule has 20 heavy (non-hydrogen) atoms. The number of rotatable bonds is 3. The maximum absolute atomic E-state index is 13.6. The fourth-order valence-corrected chi connectivity index (χ4v) is 2.39. The van der Waals surface area contributed by atoms with E-state index in [9.17, 15) is 22.4 Å². The highest BCUT2D eigenvalue weighted by Crippen LogP contribution is 2.31. The van der Waals surface area contributed by atoms with Gasteiger partial charge in [0.05, 0.1) is 5.56 Å². The number of benzene rings is 1. The zero-order valence-corrected chi connectivity index (χ0v) is 10.5. The van der Waals surface area contributed by atoms with Gasteiger partial charge in [0.2, 0.25) is 0 Å². The predicted octanol–water partition coefficient (Wildman–Crippen LogP) is 2.89. The Labute approximate surface area is 112 Å². The summed E-state index contributed by atoms with van der Waals surface area (Å²) < 4.78 is 51.4. The minimum Gasteiger partial charge on any atom is -0.480 e. The lowest BCUT2D eigenvalue weighted by atomic mass is 10.1. The second kappa shape index (κ2) is 5.40. The predicted molar refractivity (Wildman–Crippen MR) is 62.5 cm³/mol. The van der Waals surface area contributed by atoms with Crippen molar-refractivity contribution in [1.29, 1.82) is 0 Å². The van der Waals surface area contributed by atoms with E-state index in [1.54, 1.807) is 0 Å². The molecule has 2 rings (SSSR count). The Bertz CT molecular complexity index is 516. The highest BCUT2D eigenvalue weighted by Gasteiger charge is 2.33. The molecule has 1 aromatic carbocycles. The molecule has 1 N–H and O–H groups in total. The smallest absolute Gasteiger partial charge is 0.416 e. The van der Waals surface area contributed by atoms with Crippen LogP contribution in [0.3, 0.4) is 0 Å². The van der Waals surface area contributed by atoms with Gasteiger partial charge < -0.3 is 5.11 Å². The minimum atomic E-state index is -4.54. The number of carboxylic acid groups (broad SMARTS) is 1. The summed E-state index contributed by atoms with van der Waals surface area (Å²) in [4.78, 5) is 12.5. The molecule has 1 aliphatic rings. The van der Waals surface area contributed by atoms with Gasteiger partial charge in [0, 0.05) is 12.1 Å². The van der Waals surface area contributed by atoms with E-state index in [0.717, 1.165) is 12.1 Å². The van der Waals surface area contributed by atoms with Crippen molar-refractivity contribution in [1.82, 2.24) is 4.90 Å². The maximum Gasteiger partial charge on any atom is 0.416 e. The van der Waals surface area contributed by atoms with Crippen LogP contribution in [0.25, 0.3) is 0 Å². The van der Waals surface area contributed by atoms with Gasteiger partial charge in [-0.1, -0.05) is 0 Å². The van der Waals surface area contributed by atoms with E-state index in [4.69, 9.17) is 5.11 Å². The fourth-order valence-electron chi connectivity index (χ4n) is 2.39. The van der Waals surface area contributed by atoms with Crippen LogP contribution in [-0.4, -0.2) is 28.6 Å². The zero-order valence-electron chi connectivity index (χ0n) is 10.5. The number of alkyl halides is 3. The Morgan fingerprint density at radius 1 is 1.40 bits per heavy atom. The van der Waals surface area contributed by atoms with Gasteiger partial charge in [-0.15, -0.1) is 0 Å². The van der Waals surface area contributed by atoms with Crippen LogP contribution in [0, 0.1) is 5.82 Å². The zero-order chi connectivity index (χ0) is 14.9. The Morgan fingerprint density at radius 2 is 2.10 bits per heavy atom. The van der Waals surface area contributed by atoms with Crippen LogP contribution < -0.4 is 0 Å². The molecule has 0 spiro atoms. The van der Waals surface area contributed by atoms with Crippen LogP contribution >= 0.6 is 0 Å². The second-order valence-corrected chi connectivity index (χ2v) is 4.77. The van der Waals surface area contributed by atoms with E-state index in [0.29, 0.717) is 25.5 Å². The van der Waals surface area contributed by atoms with Crippen molar-refractivity contribution in [3.05, 3.63) is 35.1 Å². The summed E-state index contributed by atoms with van der Waals surface area (Å²) in [6.07, 6.45) is -3.48. The molecule has 0 saturated carbocycles. The highest BCUT2D eigenvalue weighted by molar-refractivity contribution is 5.73. The molecule has 0 aliphatic carbocycles. The molecule has 0 amide bonds. The average molecular weight is 291 g/mol. The van der Waals surface area contributed by atoms with Crippen molar-refractivity contribution in [3.63, 3.8) is 0 Å². The summed E-state index contributed by atoms with van der Waals surface area (Å²) in [6, 6.07) is 1.43. The van der Waals surface area contributed by atoms with E-state index >= 15 is 0 Å². The third-order valence-electron chi connectivity index (χ3n) is 3.40. The topological polar surface area (TPSA) is 40.5 Å². The summed E-state index contributed by atoms with van der Waals surface area (Å²) in [6.45, 7) is 0.305. The second-order valence-electron chi connectivity index (χ2n) is 4.77. The van der Waals surface area contributed by atoms with Gasteiger partial charge in [0.1, 0.15) is 11.9 Å². The number of nitrogens with zero attached hydrogens (tertiary/aromatic N) is 1. The van der Waals surface area contributed by atoms with Gasteiger partial charge in [-0.05, 0) is 37.6 Å². The quantitative estimate of drug-likeness (QED) is 0.871. The molecule has 110 valence electrons. The Morgan fingerprint density at radius 3 is 2.70 bits per heavy atom. The molecule has 7 heteroatoms. The molecule has 1 saturated heterocycles. The minimum absolute atomic E-state index is 0.132. The van der Waals surface area contributed by atoms with Crippen molar-refractivity contribution in [2.24, 2.45) is 0 Å². The molecular weight excluding hydrogens is 278 g/mol. The molecule has 1 heterocycles. The molecular formula is C13H13F4NO2. The molecule has 3 nitrogen and oxygen atoms in total. The Kier molecular flexibility index (Phi) is 3.99. The van der Waals surface area contributed by atoms with Gasteiger partial charge in [-0.2, -0.15) is 13.2 Å². The van der Waals surface area contributed by atoms with Gasteiger partial charge in [0.25, 0.3) is 0 Å². The molecule has 0 radical (unpaired) electrons. The van der Waals surface area contributed by atoms with Gasteiger partial charge in [-0.3, -0.25) is 9.69 Å². The first kappa shape index (κ1) is 14.8. The number of carbonyl (C=O) groups is 1. The van der Waals surface area contributed by atoms with E-state index < -0.39 is 29.6 Å². The first-order chi connectivity index (χ1) is 9.29. The van der Waals surface area contributed by atoms with E-state index in [1.165, 1.54) is 4.90 Å². The van der Waals surface area contributed by atoms with Crippen LogP contribution in [0.1, 0.15) is 24.0 Å². The number of carboxylic acids is 1. The number of halogens is 4. The number of hydrogen-bond donors (Lipinski definition) is 1. The van der Waals surface area contributed by atoms with Crippen LogP contribution in [0.5, 0.6) is 0 Å². The maximum atomic E-state index is 13.6. The molecule has 1 aliphatic heterocycles. The van der Waals surface area contributed by atoms with E-state index in [2.05, 4.69) is 0 Å². The number of likely N-dealkylation sites (tertiary alicyclic amines) is 1.